The van der Waals surface area contributed by atoms with Crippen LogP contribution in [0.5, 0.6) is 0 Å². The molecule has 0 atom stereocenters. The van der Waals surface area contributed by atoms with Crippen molar-refractivity contribution in [1.29, 1.82) is 0 Å². The normalized spacial score (nSPS) is 11.0. The van der Waals surface area contributed by atoms with E-state index < -0.39 is 16.0 Å². The van der Waals surface area contributed by atoms with Gasteiger partial charge in [0.05, 0.1) is 22.6 Å². The van der Waals surface area contributed by atoms with Crippen molar-refractivity contribution in [3.63, 3.8) is 0 Å². The first-order valence-electron chi connectivity index (χ1n) is 6.00. The molecule has 0 aliphatic rings. The van der Waals surface area contributed by atoms with Crippen LogP contribution in [0.2, 0.25) is 10.0 Å². The molecule has 0 bridgehead atoms. The van der Waals surface area contributed by atoms with Crippen LogP contribution in [0, 0.1) is 0 Å². The van der Waals surface area contributed by atoms with Crippen molar-refractivity contribution in [3.8, 4) is 0 Å². The molecule has 0 aliphatic heterocycles. The number of methoxy groups -OCH3 is 1. The summed E-state index contributed by atoms with van der Waals surface area (Å²) in [5.41, 5.74) is 0.321. The third-order valence-corrected chi connectivity index (χ3v) is 4.71. The lowest BCUT2D eigenvalue weighted by molar-refractivity contribution is 0.0600. The van der Waals surface area contributed by atoms with Crippen LogP contribution in [0.1, 0.15) is 10.4 Å². The van der Waals surface area contributed by atoms with E-state index in [9.17, 15) is 13.2 Å². The molecule has 0 amide bonds. The van der Waals surface area contributed by atoms with E-state index in [0.29, 0.717) is 10.7 Å². The first kappa shape index (κ1) is 16.6. The van der Waals surface area contributed by atoms with Crippen LogP contribution in [0.15, 0.2) is 47.4 Å². The molecule has 0 radical (unpaired) electrons. The highest BCUT2D eigenvalue weighted by atomic mass is 35.5. The number of halogens is 2. The fourth-order valence-electron chi connectivity index (χ4n) is 1.67. The second-order valence-corrected chi connectivity index (χ2v) is 6.77. The zero-order valence-corrected chi connectivity index (χ0v) is 13.7. The highest BCUT2D eigenvalue weighted by Crippen LogP contribution is 2.23. The summed E-state index contributed by atoms with van der Waals surface area (Å²) in [6, 6.07) is 9.94. The number of benzene rings is 2. The molecule has 0 saturated carbocycles. The number of hydrogen-bond acceptors (Lipinski definition) is 4. The second-order valence-electron chi connectivity index (χ2n) is 4.25. The number of ether oxygens (including phenoxy) is 1. The van der Waals surface area contributed by atoms with E-state index in [0.717, 1.165) is 6.07 Å². The minimum Gasteiger partial charge on any atom is -0.465 e. The van der Waals surface area contributed by atoms with Gasteiger partial charge in [-0.3, -0.25) is 4.72 Å². The van der Waals surface area contributed by atoms with E-state index in [-0.39, 0.29) is 15.5 Å². The van der Waals surface area contributed by atoms with E-state index in [4.69, 9.17) is 23.2 Å². The lowest BCUT2D eigenvalue weighted by atomic mass is 10.2. The monoisotopic (exact) mass is 359 g/mol. The molecule has 2 aromatic carbocycles. The van der Waals surface area contributed by atoms with Crippen molar-refractivity contribution in [2.24, 2.45) is 0 Å². The molecule has 0 saturated heterocycles. The zero-order valence-electron chi connectivity index (χ0n) is 11.3. The quantitative estimate of drug-likeness (QED) is 0.846. The molecule has 0 heterocycles. The Bertz CT molecular complexity index is 804. The number of hydrogen-bond donors (Lipinski definition) is 1. The second kappa shape index (κ2) is 6.56. The van der Waals surface area contributed by atoms with Crippen LogP contribution >= 0.6 is 23.2 Å². The summed E-state index contributed by atoms with van der Waals surface area (Å²) < 4.78 is 31.6. The van der Waals surface area contributed by atoms with Crippen LogP contribution in [-0.2, 0) is 14.8 Å². The van der Waals surface area contributed by atoms with E-state index in [1.165, 1.54) is 31.4 Å². The van der Waals surface area contributed by atoms with Gasteiger partial charge < -0.3 is 4.74 Å². The molecule has 2 aromatic rings. The third kappa shape index (κ3) is 3.71. The molecule has 0 spiro atoms. The Labute approximate surface area is 137 Å². The SMILES string of the molecule is COC(=O)c1cc(S(=O)(=O)Nc2ccc(Cl)cc2)ccc1Cl. The number of sulfonamides is 1. The zero-order chi connectivity index (χ0) is 16.3. The van der Waals surface area contributed by atoms with Crippen molar-refractivity contribution in [2.75, 3.05) is 11.8 Å². The summed E-state index contributed by atoms with van der Waals surface area (Å²) in [7, 11) is -2.68. The van der Waals surface area contributed by atoms with Gasteiger partial charge in [0.1, 0.15) is 0 Å². The average molecular weight is 360 g/mol. The Kier molecular flexibility index (Phi) is 4.95. The van der Waals surface area contributed by atoms with Gasteiger partial charge in [0.15, 0.2) is 0 Å². The standard InChI is InChI=1S/C14H11Cl2NO4S/c1-21-14(18)12-8-11(6-7-13(12)16)22(19,20)17-10-4-2-9(15)3-5-10/h2-8,17H,1H3. The minimum absolute atomic E-state index is 0.0249. The van der Waals surface area contributed by atoms with Crippen LogP contribution in [0.25, 0.3) is 0 Å². The summed E-state index contributed by atoms with van der Waals surface area (Å²) in [5, 5.41) is 0.597. The topological polar surface area (TPSA) is 72.5 Å². The molecule has 0 aromatic heterocycles. The van der Waals surface area contributed by atoms with Crippen molar-refractivity contribution >= 4 is 44.9 Å². The first-order chi connectivity index (χ1) is 10.3. The molecule has 5 nitrogen and oxygen atoms in total. The third-order valence-electron chi connectivity index (χ3n) is 2.75. The molecule has 0 unspecified atom stereocenters. The maximum Gasteiger partial charge on any atom is 0.339 e. The van der Waals surface area contributed by atoms with Gasteiger partial charge in [-0.2, -0.15) is 0 Å². The van der Waals surface area contributed by atoms with Crippen LogP contribution in [0.4, 0.5) is 5.69 Å². The Morgan fingerprint density at radius 3 is 2.32 bits per heavy atom. The van der Waals surface area contributed by atoms with E-state index in [1.807, 2.05) is 0 Å². The Morgan fingerprint density at radius 2 is 1.73 bits per heavy atom. The smallest absolute Gasteiger partial charge is 0.339 e. The fourth-order valence-corrected chi connectivity index (χ4v) is 3.08. The molecular weight excluding hydrogens is 349 g/mol. The van der Waals surface area contributed by atoms with Crippen LogP contribution in [0.3, 0.4) is 0 Å². The van der Waals surface area contributed by atoms with Crippen LogP contribution < -0.4 is 4.72 Å². The van der Waals surface area contributed by atoms with Gasteiger partial charge in [-0.15, -0.1) is 0 Å². The molecular formula is C14H11Cl2NO4S. The number of rotatable bonds is 4. The Morgan fingerprint density at radius 1 is 1.09 bits per heavy atom. The number of esters is 1. The number of carbonyl (C=O) groups excluding carboxylic acids is 1. The van der Waals surface area contributed by atoms with Gasteiger partial charge in [-0.25, -0.2) is 13.2 Å². The predicted molar refractivity (Wildman–Crippen MR) is 85.1 cm³/mol. The molecule has 8 heteroatoms. The molecule has 1 N–H and O–H groups in total. The van der Waals surface area contributed by atoms with Crippen molar-refractivity contribution in [3.05, 3.63) is 58.1 Å². The fraction of sp³-hybridized carbons (Fsp3) is 0.0714. The van der Waals surface area contributed by atoms with Gasteiger partial charge in [0, 0.05) is 10.7 Å². The highest BCUT2D eigenvalue weighted by Gasteiger charge is 2.19. The van der Waals surface area contributed by atoms with Gasteiger partial charge in [0.2, 0.25) is 0 Å². The summed E-state index contributed by atoms with van der Waals surface area (Å²) in [6.07, 6.45) is 0. The van der Waals surface area contributed by atoms with Gasteiger partial charge in [0.25, 0.3) is 10.0 Å². The molecule has 22 heavy (non-hydrogen) atoms. The summed E-state index contributed by atoms with van der Waals surface area (Å²) in [5.74, 6) is -0.714. The predicted octanol–water partition coefficient (Wildman–Crippen LogP) is 3.58. The average Bonchev–Trinajstić information content (AvgIpc) is 2.49. The maximum absolute atomic E-state index is 12.3. The Hall–Kier alpha value is -1.76. The summed E-state index contributed by atoms with van der Waals surface area (Å²) >= 11 is 11.6. The Balaban J connectivity index is 2.37. The molecule has 2 rings (SSSR count). The van der Waals surface area contributed by atoms with Crippen LogP contribution in [-0.4, -0.2) is 21.5 Å². The number of nitrogens with one attached hydrogen (secondary N) is 1. The lowest BCUT2D eigenvalue weighted by Crippen LogP contribution is -2.14. The largest absolute Gasteiger partial charge is 0.465 e. The van der Waals surface area contributed by atoms with Crippen molar-refractivity contribution < 1.29 is 17.9 Å². The van der Waals surface area contributed by atoms with Gasteiger partial charge in [-0.05, 0) is 42.5 Å². The molecule has 116 valence electrons. The summed E-state index contributed by atoms with van der Waals surface area (Å²) in [4.78, 5) is 11.5. The maximum atomic E-state index is 12.3. The van der Waals surface area contributed by atoms with E-state index >= 15 is 0 Å². The minimum atomic E-state index is -3.87. The number of anilines is 1. The summed E-state index contributed by atoms with van der Waals surface area (Å²) in [6.45, 7) is 0. The lowest BCUT2D eigenvalue weighted by Gasteiger charge is -2.10. The first-order valence-corrected chi connectivity index (χ1v) is 8.23. The molecule has 0 aliphatic carbocycles. The van der Waals surface area contributed by atoms with Crippen molar-refractivity contribution in [1.82, 2.24) is 0 Å². The van der Waals surface area contributed by atoms with Gasteiger partial charge in [-0.1, -0.05) is 23.2 Å². The molecule has 0 fully saturated rings. The van der Waals surface area contributed by atoms with Gasteiger partial charge >= 0.3 is 5.97 Å². The van der Waals surface area contributed by atoms with E-state index in [1.54, 1.807) is 12.1 Å². The highest BCUT2D eigenvalue weighted by molar-refractivity contribution is 7.92. The van der Waals surface area contributed by atoms with E-state index in [2.05, 4.69) is 9.46 Å². The number of carbonyl (C=O) groups is 1. The van der Waals surface area contributed by atoms with Crippen molar-refractivity contribution in [2.45, 2.75) is 4.90 Å².